The Morgan fingerprint density at radius 1 is 0.947 bits per heavy atom. The van der Waals surface area contributed by atoms with E-state index in [0.717, 1.165) is 16.7 Å². The van der Waals surface area contributed by atoms with E-state index in [1.54, 1.807) is 12.1 Å². The molecule has 0 aliphatic rings. The van der Waals surface area contributed by atoms with Gasteiger partial charge in [0.25, 0.3) is 0 Å². The lowest BCUT2D eigenvalue weighted by atomic mass is 10.3. The molecule has 0 spiro atoms. The van der Waals surface area contributed by atoms with Crippen LogP contribution < -0.4 is 0 Å². The lowest BCUT2D eigenvalue weighted by Gasteiger charge is -2.05. The summed E-state index contributed by atoms with van der Waals surface area (Å²) in [5.74, 6) is 0. The third-order valence-electron chi connectivity index (χ3n) is 2.81. The molecule has 2 nitrogen and oxygen atoms in total. The second-order valence-corrected chi connectivity index (χ2v) is 5.66. The Hall–Kier alpha value is -1.00. The van der Waals surface area contributed by atoms with Gasteiger partial charge in [0.2, 0.25) is 0 Å². The highest BCUT2D eigenvalue weighted by Gasteiger charge is 2.09. The summed E-state index contributed by atoms with van der Waals surface area (Å²) in [6.07, 6.45) is 0. The Kier molecular flexibility index (Phi) is 3.31. The van der Waals surface area contributed by atoms with E-state index in [1.165, 1.54) is 0 Å². The van der Waals surface area contributed by atoms with Crippen LogP contribution in [0, 0.1) is 4.77 Å². The highest BCUT2D eigenvalue weighted by molar-refractivity contribution is 7.71. The molecule has 1 aromatic heterocycles. The van der Waals surface area contributed by atoms with Gasteiger partial charge in [0.05, 0.1) is 21.1 Å². The first kappa shape index (κ1) is 13.0. The molecule has 0 unspecified atom stereocenters. The molecule has 19 heavy (non-hydrogen) atoms. The molecule has 0 bridgehead atoms. The molecule has 0 aliphatic carbocycles. The number of halogens is 3. The second-order valence-electron chi connectivity index (χ2n) is 4.03. The van der Waals surface area contributed by atoms with Crippen LogP contribution in [0.5, 0.6) is 0 Å². The predicted octanol–water partition coefficient (Wildman–Crippen LogP) is 5.65. The van der Waals surface area contributed by atoms with Crippen molar-refractivity contribution in [2.24, 2.45) is 0 Å². The number of benzene rings is 2. The molecule has 96 valence electrons. The number of aromatic nitrogens is 2. The summed E-state index contributed by atoms with van der Waals surface area (Å²) < 4.78 is 2.47. The fraction of sp³-hybridized carbons (Fsp3) is 0. The van der Waals surface area contributed by atoms with Gasteiger partial charge in [-0.05, 0) is 48.6 Å². The topological polar surface area (TPSA) is 20.7 Å². The Morgan fingerprint density at radius 2 is 1.58 bits per heavy atom. The summed E-state index contributed by atoms with van der Waals surface area (Å²) >= 11 is 23.3. The maximum absolute atomic E-state index is 6.07. The van der Waals surface area contributed by atoms with Crippen LogP contribution in [-0.4, -0.2) is 9.55 Å². The maximum Gasteiger partial charge on any atom is 0.182 e. The van der Waals surface area contributed by atoms with Crippen molar-refractivity contribution in [3.05, 3.63) is 56.2 Å². The zero-order chi connectivity index (χ0) is 13.6. The van der Waals surface area contributed by atoms with Crippen LogP contribution in [0.4, 0.5) is 0 Å². The van der Waals surface area contributed by atoms with E-state index in [2.05, 4.69) is 4.98 Å². The van der Waals surface area contributed by atoms with Crippen LogP contribution in [0.15, 0.2) is 36.4 Å². The standard InChI is InChI=1S/C13H7Cl3N2S/c14-7-1-3-8(4-2-7)18-12-6-10(16)9(15)5-11(12)17-13(18)19/h1-6H,(H,17,19). The van der Waals surface area contributed by atoms with Gasteiger partial charge in [0.1, 0.15) is 0 Å². The Labute approximate surface area is 129 Å². The predicted molar refractivity (Wildman–Crippen MR) is 83.5 cm³/mol. The van der Waals surface area contributed by atoms with Gasteiger partial charge in [-0.3, -0.25) is 4.57 Å². The van der Waals surface area contributed by atoms with Gasteiger partial charge in [-0.15, -0.1) is 0 Å². The van der Waals surface area contributed by atoms with E-state index in [1.807, 2.05) is 28.8 Å². The molecule has 2 aromatic carbocycles. The number of aromatic amines is 1. The average Bonchev–Trinajstić information content (AvgIpc) is 2.67. The van der Waals surface area contributed by atoms with Gasteiger partial charge in [-0.1, -0.05) is 34.8 Å². The van der Waals surface area contributed by atoms with Gasteiger partial charge < -0.3 is 4.98 Å². The monoisotopic (exact) mass is 328 g/mol. The number of hydrogen-bond donors (Lipinski definition) is 1. The molecular weight excluding hydrogens is 323 g/mol. The smallest absolute Gasteiger partial charge is 0.182 e. The number of imidazole rings is 1. The van der Waals surface area contributed by atoms with Crippen molar-refractivity contribution in [3.8, 4) is 5.69 Å². The molecule has 1 N–H and O–H groups in total. The molecule has 3 aromatic rings. The van der Waals surface area contributed by atoms with E-state index in [0.29, 0.717) is 19.8 Å². The molecule has 6 heteroatoms. The molecule has 0 saturated heterocycles. The van der Waals surface area contributed by atoms with Crippen LogP contribution in [0.3, 0.4) is 0 Å². The van der Waals surface area contributed by atoms with Crippen molar-refractivity contribution < 1.29 is 0 Å². The molecule has 0 amide bonds. The zero-order valence-electron chi connectivity index (χ0n) is 9.45. The normalized spacial score (nSPS) is 11.1. The molecule has 0 radical (unpaired) electrons. The molecule has 0 fully saturated rings. The molecule has 1 heterocycles. The highest BCUT2D eigenvalue weighted by Crippen LogP contribution is 2.29. The first-order valence-corrected chi connectivity index (χ1v) is 6.96. The van der Waals surface area contributed by atoms with E-state index < -0.39 is 0 Å². The van der Waals surface area contributed by atoms with Gasteiger partial charge in [-0.2, -0.15) is 0 Å². The van der Waals surface area contributed by atoms with Crippen molar-refractivity contribution in [2.45, 2.75) is 0 Å². The minimum atomic E-state index is 0.492. The Morgan fingerprint density at radius 3 is 2.26 bits per heavy atom. The van der Waals surface area contributed by atoms with E-state index in [9.17, 15) is 0 Å². The van der Waals surface area contributed by atoms with Gasteiger partial charge >= 0.3 is 0 Å². The van der Waals surface area contributed by atoms with Crippen molar-refractivity contribution in [3.63, 3.8) is 0 Å². The zero-order valence-corrected chi connectivity index (χ0v) is 12.5. The second kappa shape index (κ2) is 4.84. The van der Waals surface area contributed by atoms with Crippen LogP contribution in [0.2, 0.25) is 15.1 Å². The molecule has 0 saturated carbocycles. The quantitative estimate of drug-likeness (QED) is 0.572. The van der Waals surface area contributed by atoms with Crippen molar-refractivity contribution >= 4 is 58.1 Å². The minimum Gasteiger partial charge on any atom is -0.330 e. The number of nitrogens with zero attached hydrogens (tertiary/aromatic N) is 1. The summed E-state index contributed by atoms with van der Waals surface area (Å²) in [5, 5.41) is 1.66. The molecular formula is C13H7Cl3N2S. The van der Waals surface area contributed by atoms with Gasteiger partial charge in [0.15, 0.2) is 4.77 Å². The molecule has 3 rings (SSSR count). The number of H-pyrrole nitrogens is 1. The van der Waals surface area contributed by atoms with Gasteiger partial charge in [0, 0.05) is 10.7 Å². The average molecular weight is 330 g/mol. The summed E-state index contributed by atoms with van der Waals surface area (Å²) in [7, 11) is 0. The van der Waals surface area contributed by atoms with Crippen molar-refractivity contribution in [2.75, 3.05) is 0 Å². The Balaban J connectivity index is 2.34. The fourth-order valence-corrected chi connectivity index (χ4v) is 2.71. The fourth-order valence-electron chi connectivity index (χ4n) is 1.95. The summed E-state index contributed by atoms with van der Waals surface area (Å²) in [5.41, 5.74) is 2.63. The summed E-state index contributed by atoms with van der Waals surface area (Å²) in [6.45, 7) is 0. The third-order valence-corrected chi connectivity index (χ3v) is 4.07. The van der Waals surface area contributed by atoms with Crippen molar-refractivity contribution in [1.82, 2.24) is 9.55 Å². The largest absolute Gasteiger partial charge is 0.330 e. The first-order chi connectivity index (χ1) is 9.06. The maximum atomic E-state index is 6.07. The number of hydrogen-bond acceptors (Lipinski definition) is 1. The lowest BCUT2D eigenvalue weighted by Crippen LogP contribution is -1.93. The summed E-state index contributed by atoms with van der Waals surface area (Å²) in [6, 6.07) is 11.0. The van der Waals surface area contributed by atoms with Crippen LogP contribution in [0.1, 0.15) is 0 Å². The van der Waals surface area contributed by atoms with E-state index in [4.69, 9.17) is 47.0 Å². The van der Waals surface area contributed by atoms with Crippen LogP contribution in [0.25, 0.3) is 16.7 Å². The van der Waals surface area contributed by atoms with E-state index in [-0.39, 0.29) is 0 Å². The molecule has 0 atom stereocenters. The van der Waals surface area contributed by atoms with Gasteiger partial charge in [-0.25, -0.2) is 0 Å². The third kappa shape index (κ3) is 2.28. The van der Waals surface area contributed by atoms with E-state index >= 15 is 0 Å². The lowest BCUT2D eigenvalue weighted by molar-refractivity contribution is 1.07. The van der Waals surface area contributed by atoms with Crippen LogP contribution in [-0.2, 0) is 0 Å². The Bertz CT molecular complexity index is 818. The van der Waals surface area contributed by atoms with Crippen molar-refractivity contribution in [1.29, 1.82) is 0 Å². The number of nitrogens with one attached hydrogen (secondary N) is 1. The SMILES string of the molecule is S=c1[nH]c2cc(Cl)c(Cl)cc2n1-c1ccc(Cl)cc1. The highest BCUT2D eigenvalue weighted by atomic mass is 35.5. The minimum absolute atomic E-state index is 0.492. The first-order valence-electron chi connectivity index (χ1n) is 5.42. The molecule has 0 aliphatic heterocycles. The summed E-state index contributed by atoms with van der Waals surface area (Å²) in [4.78, 5) is 3.11. The number of fused-ring (bicyclic) bond motifs is 1. The van der Waals surface area contributed by atoms with Crippen LogP contribution >= 0.6 is 47.0 Å². The number of rotatable bonds is 1.